The van der Waals surface area contributed by atoms with E-state index in [0.717, 1.165) is 19.5 Å². The summed E-state index contributed by atoms with van der Waals surface area (Å²) in [7, 11) is 2.06. The highest BCUT2D eigenvalue weighted by atomic mass is 16.1. The predicted octanol–water partition coefficient (Wildman–Crippen LogP) is 2.71. The van der Waals surface area contributed by atoms with E-state index in [1.54, 1.807) is 0 Å². The van der Waals surface area contributed by atoms with Crippen molar-refractivity contribution < 1.29 is 4.79 Å². The molecule has 1 N–H and O–H groups in total. The zero-order valence-corrected chi connectivity index (χ0v) is 14.2. The first-order valence-corrected chi connectivity index (χ1v) is 8.72. The molecule has 0 radical (unpaired) electrons. The van der Waals surface area contributed by atoms with E-state index in [2.05, 4.69) is 59.2 Å². The molecule has 1 atom stereocenters. The Morgan fingerprint density at radius 2 is 2.17 bits per heavy atom. The van der Waals surface area contributed by atoms with Crippen LogP contribution in [-0.4, -0.2) is 41.1 Å². The maximum absolute atomic E-state index is 12.2. The van der Waals surface area contributed by atoms with Gasteiger partial charge in [0.25, 0.3) is 0 Å². The molecule has 2 aromatic rings. The second kappa shape index (κ2) is 7.18. The van der Waals surface area contributed by atoms with Crippen LogP contribution < -0.4 is 5.32 Å². The van der Waals surface area contributed by atoms with Gasteiger partial charge in [0, 0.05) is 43.2 Å². The van der Waals surface area contributed by atoms with Crippen molar-refractivity contribution in [3.8, 4) is 0 Å². The van der Waals surface area contributed by atoms with E-state index in [1.165, 1.54) is 35.9 Å². The number of nitrogens with one attached hydrogen (secondary N) is 1. The van der Waals surface area contributed by atoms with Gasteiger partial charge in [-0.3, -0.25) is 9.69 Å². The lowest BCUT2D eigenvalue weighted by Gasteiger charge is -2.22. The Labute approximate surface area is 138 Å². The molecule has 1 amide bonds. The quantitative estimate of drug-likeness (QED) is 0.890. The number of fused-ring (bicyclic) bond motifs is 1. The Morgan fingerprint density at radius 3 is 3.00 bits per heavy atom. The fourth-order valence-electron chi connectivity index (χ4n) is 3.74. The van der Waals surface area contributed by atoms with Crippen LogP contribution >= 0.6 is 0 Å². The normalized spacial score (nSPS) is 18.6. The number of hydrogen-bond donors (Lipinski definition) is 1. The molecule has 0 unspecified atom stereocenters. The van der Waals surface area contributed by atoms with Gasteiger partial charge in [0.2, 0.25) is 5.91 Å². The summed E-state index contributed by atoms with van der Waals surface area (Å²) in [5.41, 5.74) is 2.49. The largest absolute Gasteiger partial charge is 0.355 e. The van der Waals surface area contributed by atoms with Crippen molar-refractivity contribution in [1.82, 2.24) is 14.8 Å². The summed E-state index contributed by atoms with van der Waals surface area (Å²) in [4.78, 5) is 14.6. The minimum absolute atomic E-state index is 0.167. The smallest absolute Gasteiger partial charge is 0.220 e. The third kappa shape index (κ3) is 3.58. The molecule has 0 bridgehead atoms. The third-order valence-corrected chi connectivity index (χ3v) is 5.04. The molecule has 3 rings (SSSR count). The predicted molar refractivity (Wildman–Crippen MR) is 94.5 cm³/mol. The van der Waals surface area contributed by atoms with Crippen LogP contribution in [0.15, 0.2) is 30.5 Å². The number of nitrogens with zero attached hydrogens (tertiary/aromatic N) is 2. The van der Waals surface area contributed by atoms with Crippen LogP contribution in [0, 0.1) is 0 Å². The Kier molecular flexibility index (Phi) is 5.01. The molecular weight excluding hydrogens is 286 g/mol. The van der Waals surface area contributed by atoms with Gasteiger partial charge in [0.15, 0.2) is 0 Å². The highest BCUT2D eigenvalue weighted by Crippen LogP contribution is 2.21. The van der Waals surface area contributed by atoms with E-state index >= 15 is 0 Å². The number of carbonyl (C=O) groups is 1. The number of carbonyl (C=O) groups excluding carboxylic acids is 1. The van der Waals surface area contributed by atoms with Gasteiger partial charge in [-0.2, -0.15) is 0 Å². The van der Waals surface area contributed by atoms with Crippen LogP contribution in [0.25, 0.3) is 10.9 Å². The Balaban J connectivity index is 1.52. The van der Waals surface area contributed by atoms with Gasteiger partial charge in [-0.25, -0.2) is 0 Å². The van der Waals surface area contributed by atoms with Crippen molar-refractivity contribution in [3.05, 3.63) is 36.0 Å². The monoisotopic (exact) mass is 313 g/mol. The molecule has 1 aromatic heterocycles. The number of likely N-dealkylation sites (tertiary alicyclic amines) is 1. The van der Waals surface area contributed by atoms with Crippen LogP contribution in [0.5, 0.6) is 0 Å². The van der Waals surface area contributed by atoms with E-state index in [1.807, 2.05) is 0 Å². The van der Waals surface area contributed by atoms with Crippen molar-refractivity contribution in [1.29, 1.82) is 0 Å². The fourth-order valence-corrected chi connectivity index (χ4v) is 3.74. The lowest BCUT2D eigenvalue weighted by atomic mass is 10.1. The summed E-state index contributed by atoms with van der Waals surface area (Å²) in [6.45, 7) is 5.24. The number of para-hydroxylation sites is 1. The van der Waals surface area contributed by atoms with E-state index in [9.17, 15) is 4.79 Å². The zero-order valence-electron chi connectivity index (χ0n) is 14.2. The number of rotatable bonds is 6. The standard InChI is InChI=1S/C19H27N3O/c1-3-22-12-6-7-16(22)13-20-19(23)11-10-15-14-21(2)18-9-5-4-8-17(15)18/h4-5,8-9,14,16H,3,6-7,10-13H2,1-2H3,(H,20,23)/t16-/m1/s1. The Bertz CT molecular complexity index is 676. The topological polar surface area (TPSA) is 37.3 Å². The van der Waals surface area contributed by atoms with Crippen molar-refractivity contribution in [3.63, 3.8) is 0 Å². The number of aromatic nitrogens is 1. The molecule has 1 aliphatic heterocycles. The van der Waals surface area contributed by atoms with Crippen molar-refractivity contribution in [2.24, 2.45) is 7.05 Å². The van der Waals surface area contributed by atoms with Gasteiger partial charge in [-0.15, -0.1) is 0 Å². The Morgan fingerprint density at radius 1 is 1.35 bits per heavy atom. The molecule has 1 aromatic carbocycles. The highest BCUT2D eigenvalue weighted by molar-refractivity contribution is 5.84. The first-order chi connectivity index (χ1) is 11.2. The van der Waals surface area contributed by atoms with Crippen molar-refractivity contribution >= 4 is 16.8 Å². The summed E-state index contributed by atoms with van der Waals surface area (Å²) >= 11 is 0. The van der Waals surface area contributed by atoms with E-state index in [4.69, 9.17) is 0 Å². The lowest BCUT2D eigenvalue weighted by molar-refractivity contribution is -0.121. The van der Waals surface area contributed by atoms with E-state index < -0.39 is 0 Å². The summed E-state index contributed by atoms with van der Waals surface area (Å²) in [6, 6.07) is 8.91. The van der Waals surface area contributed by atoms with Gasteiger partial charge in [-0.1, -0.05) is 25.1 Å². The Hall–Kier alpha value is -1.81. The summed E-state index contributed by atoms with van der Waals surface area (Å²) < 4.78 is 2.14. The minimum Gasteiger partial charge on any atom is -0.355 e. The average molecular weight is 313 g/mol. The van der Waals surface area contributed by atoms with Crippen LogP contribution in [0.1, 0.15) is 31.7 Å². The second-order valence-electron chi connectivity index (χ2n) is 6.51. The van der Waals surface area contributed by atoms with Gasteiger partial charge >= 0.3 is 0 Å². The van der Waals surface area contributed by atoms with Crippen LogP contribution in [0.3, 0.4) is 0 Å². The average Bonchev–Trinajstić information content (AvgIpc) is 3.16. The molecule has 0 saturated carbocycles. The molecular formula is C19H27N3O. The molecule has 23 heavy (non-hydrogen) atoms. The molecule has 0 aliphatic carbocycles. The SMILES string of the molecule is CCN1CCC[C@@H]1CNC(=O)CCc1cn(C)c2ccccc12. The highest BCUT2D eigenvalue weighted by Gasteiger charge is 2.23. The number of amides is 1. The van der Waals surface area contributed by atoms with E-state index in [-0.39, 0.29) is 5.91 Å². The summed E-state index contributed by atoms with van der Waals surface area (Å²) in [5.74, 6) is 0.167. The van der Waals surface area contributed by atoms with Crippen molar-refractivity contribution in [2.75, 3.05) is 19.6 Å². The van der Waals surface area contributed by atoms with Crippen LogP contribution in [-0.2, 0) is 18.3 Å². The molecule has 124 valence electrons. The first-order valence-electron chi connectivity index (χ1n) is 8.72. The number of likely N-dealkylation sites (N-methyl/N-ethyl adjacent to an activating group) is 1. The maximum Gasteiger partial charge on any atom is 0.220 e. The molecule has 0 spiro atoms. The third-order valence-electron chi connectivity index (χ3n) is 5.04. The van der Waals surface area contributed by atoms with Gasteiger partial charge < -0.3 is 9.88 Å². The first kappa shape index (κ1) is 16.1. The lowest BCUT2D eigenvalue weighted by Crippen LogP contribution is -2.40. The number of aryl methyl sites for hydroxylation is 2. The van der Waals surface area contributed by atoms with Gasteiger partial charge in [0.05, 0.1) is 0 Å². The number of benzene rings is 1. The fraction of sp³-hybridized carbons (Fsp3) is 0.526. The van der Waals surface area contributed by atoms with Crippen LogP contribution in [0.2, 0.25) is 0 Å². The molecule has 4 nitrogen and oxygen atoms in total. The number of hydrogen-bond acceptors (Lipinski definition) is 2. The second-order valence-corrected chi connectivity index (χ2v) is 6.51. The summed E-state index contributed by atoms with van der Waals surface area (Å²) in [5, 5.41) is 4.39. The molecule has 1 aliphatic rings. The minimum atomic E-state index is 0.167. The molecule has 1 fully saturated rings. The van der Waals surface area contributed by atoms with Crippen molar-refractivity contribution in [2.45, 2.75) is 38.6 Å². The molecule has 4 heteroatoms. The molecule has 2 heterocycles. The van der Waals surface area contributed by atoms with Gasteiger partial charge in [-0.05, 0) is 44.0 Å². The van der Waals surface area contributed by atoms with Crippen LogP contribution in [0.4, 0.5) is 0 Å². The summed E-state index contributed by atoms with van der Waals surface area (Å²) in [6.07, 6.45) is 5.97. The van der Waals surface area contributed by atoms with Gasteiger partial charge in [0.1, 0.15) is 0 Å². The molecule has 1 saturated heterocycles. The maximum atomic E-state index is 12.2. The zero-order chi connectivity index (χ0) is 16.2. The van der Waals surface area contributed by atoms with E-state index in [0.29, 0.717) is 12.5 Å².